The molecule has 0 fully saturated rings. The third-order valence-corrected chi connectivity index (χ3v) is 3.12. The summed E-state index contributed by atoms with van der Waals surface area (Å²) < 4.78 is 5.42. The van der Waals surface area contributed by atoms with Gasteiger partial charge in [0.1, 0.15) is 5.60 Å². The predicted molar refractivity (Wildman–Crippen MR) is 66.2 cm³/mol. The molecule has 1 heterocycles. The number of hydrogen-bond acceptors (Lipinski definition) is 2. The molecule has 0 saturated heterocycles. The van der Waals surface area contributed by atoms with Gasteiger partial charge in [-0.2, -0.15) is 0 Å². The van der Waals surface area contributed by atoms with Crippen molar-refractivity contribution in [3.05, 3.63) is 11.1 Å². The summed E-state index contributed by atoms with van der Waals surface area (Å²) in [4.78, 5) is 11.8. The van der Waals surface area contributed by atoms with E-state index in [-0.39, 0.29) is 11.6 Å². The van der Waals surface area contributed by atoms with E-state index in [0.29, 0.717) is 0 Å². The van der Waals surface area contributed by atoms with Gasteiger partial charge in [0, 0.05) is 12.0 Å². The molecular weight excluding hydrogens is 200 g/mol. The minimum atomic E-state index is -0.308. The summed E-state index contributed by atoms with van der Waals surface area (Å²) in [5.41, 5.74) is 1.95. The van der Waals surface area contributed by atoms with Gasteiger partial charge in [-0.05, 0) is 33.1 Å². The van der Waals surface area contributed by atoms with Crippen LogP contribution in [0.15, 0.2) is 11.1 Å². The smallest absolute Gasteiger partial charge is 0.334 e. The second-order valence-electron chi connectivity index (χ2n) is 5.22. The third kappa shape index (κ3) is 3.36. The highest BCUT2D eigenvalue weighted by Crippen LogP contribution is 2.33. The standard InChI is InChI=1S/C14H24O2/c1-5-7-8-9-11-10-14(3,4)16-13(15)12(11)6-2/h5-10H2,1-4H3. The van der Waals surface area contributed by atoms with E-state index in [9.17, 15) is 4.79 Å². The van der Waals surface area contributed by atoms with Gasteiger partial charge in [-0.1, -0.05) is 32.3 Å². The highest BCUT2D eigenvalue weighted by molar-refractivity contribution is 5.90. The first-order valence-corrected chi connectivity index (χ1v) is 6.44. The summed E-state index contributed by atoms with van der Waals surface area (Å²) in [5, 5.41) is 0. The molecule has 0 aromatic carbocycles. The van der Waals surface area contributed by atoms with Gasteiger partial charge in [-0.3, -0.25) is 0 Å². The normalized spacial score (nSPS) is 19.9. The number of cyclic esters (lactones) is 1. The van der Waals surface area contributed by atoms with E-state index in [2.05, 4.69) is 6.92 Å². The van der Waals surface area contributed by atoms with Gasteiger partial charge in [-0.25, -0.2) is 4.79 Å². The van der Waals surface area contributed by atoms with Gasteiger partial charge in [0.05, 0.1) is 0 Å². The minimum Gasteiger partial charge on any atom is -0.456 e. The first-order valence-electron chi connectivity index (χ1n) is 6.44. The maximum Gasteiger partial charge on any atom is 0.334 e. The molecule has 0 radical (unpaired) electrons. The van der Waals surface area contributed by atoms with Crippen LogP contribution in [0.3, 0.4) is 0 Å². The van der Waals surface area contributed by atoms with Crippen molar-refractivity contribution >= 4 is 5.97 Å². The van der Waals surface area contributed by atoms with Crippen molar-refractivity contribution in [2.24, 2.45) is 0 Å². The Hall–Kier alpha value is -0.790. The number of esters is 1. The van der Waals surface area contributed by atoms with E-state index in [4.69, 9.17) is 4.74 Å². The van der Waals surface area contributed by atoms with Crippen LogP contribution in [0.5, 0.6) is 0 Å². The number of rotatable bonds is 5. The number of unbranched alkanes of at least 4 members (excludes halogenated alkanes) is 2. The van der Waals surface area contributed by atoms with Crippen molar-refractivity contribution in [1.82, 2.24) is 0 Å². The molecule has 1 aliphatic rings. The Bertz CT molecular complexity index is 287. The number of carbonyl (C=O) groups excluding carboxylic acids is 1. The van der Waals surface area contributed by atoms with E-state index >= 15 is 0 Å². The lowest BCUT2D eigenvalue weighted by molar-refractivity contribution is -0.153. The molecule has 1 rings (SSSR count). The molecule has 16 heavy (non-hydrogen) atoms. The Morgan fingerprint density at radius 3 is 2.50 bits per heavy atom. The summed E-state index contributed by atoms with van der Waals surface area (Å²) in [7, 11) is 0. The van der Waals surface area contributed by atoms with Gasteiger partial charge in [0.25, 0.3) is 0 Å². The van der Waals surface area contributed by atoms with Gasteiger partial charge < -0.3 is 4.74 Å². The molecule has 2 heteroatoms. The van der Waals surface area contributed by atoms with Crippen molar-refractivity contribution in [3.8, 4) is 0 Å². The lowest BCUT2D eigenvalue weighted by Crippen LogP contribution is -2.34. The second-order valence-corrected chi connectivity index (χ2v) is 5.22. The Kier molecular flexibility index (Phi) is 4.57. The Labute approximate surface area is 99.1 Å². The Morgan fingerprint density at radius 2 is 1.94 bits per heavy atom. The van der Waals surface area contributed by atoms with Crippen LogP contribution >= 0.6 is 0 Å². The fourth-order valence-corrected chi connectivity index (χ4v) is 2.34. The number of hydrogen-bond donors (Lipinski definition) is 0. The first kappa shape index (κ1) is 13.3. The fourth-order valence-electron chi connectivity index (χ4n) is 2.34. The molecule has 0 aromatic rings. The molecule has 0 atom stereocenters. The largest absolute Gasteiger partial charge is 0.456 e. The Balaban J connectivity index is 2.76. The summed E-state index contributed by atoms with van der Waals surface area (Å²) in [6, 6.07) is 0. The van der Waals surface area contributed by atoms with Crippen molar-refractivity contribution in [2.45, 2.75) is 71.8 Å². The van der Waals surface area contributed by atoms with Crippen LogP contribution in [0, 0.1) is 0 Å². The Morgan fingerprint density at radius 1 is 1.25 bits per heavy atom. The summed E-state index contributed by atoms with van der Waals surface area (Å²) >= 11 is 0. The lowest BCUT2D eigenvalue weighted by atomic mass is 9.87. The quantitative estimate of drug-likeness (QED) is 0.521. The highest BCUT2D eigenvalue weighted by Gasteiger charge is 2.32. The molecule has 0 N–H and O–H groups in total. The molecule has 0 amide bonds. The predicted octanol–water partition coefficient (Wildman–Crippen LogP) is 4.00. The molecule has 0 unspecified atom stereocenters. The first-order chi connectivity index (χ1) is 7.50. The van der Waals surface area contributed by atoms with E-state index in [1.54, 1.807) is 0 Å². The van der Waals surface area contributed by atoms with Crippen LogP contribution in [0.2, 0.25) is 0 Å². The topological polar surface area (TPSA) is 26.3 Å². The maximum atomic E-state index is 11.8. The van der Waals surface area contributed by atoms with E-state index in [0.717, 1.165) is 24.8 Å². The third-order valence-electron chi connectivity index (χ3n) is 3.12. The van der Waals surface area contributed by atoms with Gasteiger partial charge >= 0.3 is 5.97 Å². The molecule has 0 saturated carbocycles. The summed E-state index contributed by atoms with van der Waals surface area (Å²) in [6.45, 7) is 8.23. The van der Waals surface area contributed by atoms with Gasteiger partial charge in [-0.15, -0.1) is 0 Å². The van der Waals surface area contributed by atoms with E-state index in [1.807, 2.05) is 20.8 Å². The zero-order valence-corrected chi connectivity index (χ0v) is 11.1. The van der Waals surface area contributed by atoms with Crippen molar-refractivity contribution in [3.63, 3.8) is 0 Å². The van der Waals surface area contributed by atoms with E-state index < -0.39 is 0 Å². The van der Waals surface area contributed by atoms with Crippen LogP contribution in [-0.4, -0.2) is 11.6 Å². The summed E-state index contributed by atoms with van der Waals surface area (Å²) in [6.07, 6.45) is 6.44. The molecule has 0 spiro atoms. The van der Waals surface area contributed by atoms with Crippen LogP contribution in [0.4, 0.5) is 0 Å². The molecule has 0 bridgehead atoms. The van der Waals surface area contributed by atoms with Gasteiger partial charge in [0.2, 0.25) is 0 Å². The molecule has 1 aliphatic heterocycles. The number of ether oxygens (including phenoxy) is 1. The maximum absolute atomic E-state index is 11.8. The molecule has 2 nitrogen and oxygen atoms in total. The molecule has 92 valence electrons. The average Bonchev–Trinajstić information content (AvgIpc) is 2.16. The molecule has 0 aromatic heterocycles. The van der Waals surface area contributed by atoms with Crippen molar-refractivity contribution < 1.29 is 9.53 Å². The van der Waals surface area contributed by atoms with Crippen LogP contribution in [0.1, 0.15) is 66.2 Å². The van der Waals surface area contributed by atoms with Crippen LogP contribution in [-0.2, 0) is 9.53 Å². The van der Waals surface area contributed by atoms with Crippen LogP contribution in [0.25, 0.3) is 0 Å². The zero-order valence-electron chi connectivity index (χ0n) is 11.1. The lowest BCUT2D eigenvalue weighted by Gasteiger charge is -2.32. The minimum absolute atomic E-state index is 0.0924. The SMILES string of the molecule is CCCCCC1=C(CC)C(=O)OC(C)(C)C1. The van der Waals surface area contributed by atoms with Crippen molar-refractivity contribution in [2.75, 3.05) is 0 Å². The highest BCUT2D eigenvalue weighted by atomic mass is 16.6. The van der Waals surface area contributed by atoms with Crippen LogP contribution < -0.4 is 0 Å². The van der Waals surface area contributed by atoms with Crippen molar-refractivity contribution in [1.29, 1.82) is 0 Å². The zero-order chi connectivity index (χ0) is 12.2. The fraction of sp³-hybridized carbons (Fsp3) is 0.786. The average molecular weight is 224 g/mol. The monoisotopic (exact) mass is 224 g/mol. The second kappa shape index (κ2) is 5.51. The summed E-state index contributed by atoms with van der Waals surface area (Å²) in [5.74, 6) is -0.0924. The molecule has 0 aliphatic carbocycles. The molecular formula is C14H24O2. The number of carbonyl (C=O) groups is 1. The van der Waals surface area contributed by atoms with E-state index in [1.165, 1.54) is 24.8 Å². The van der Waals surface area contributed by atoms with Gasteiger partial charge in [0.15, 0.2) is 0 Å².